The molecular formula is C20H38O6. The molecule has 0 aliphatic carbocycles. The van der Waals surface area contributed by atoms with Gasteiger partial charge in [0.25, 0.3) is 0 Å². The molecule has 0 aromatic heterocycles. The van der Waals surface area contributed by atoms with E-state index in [0.29, 0.717) is 52.1 Å². The Hall–Kier alpha value is -1.14. The highest BCUT2D eigenvalue weighted by Gasteiger charge is 2.06. The molecule has 6 nitrogen and oxygen atoms in total. The third kappa shape index (κ3) is 19.2. The van der Waals surface area contributed by atoms with Crippen LogP contribution in [-0.2, 0) is 28.5 Å². The van der Waals surface area contributed by atoms with Crippen LogP contribution in [0.25, 0.3) is 0 Å². The fourth-order valence-corrected chi connectivity index (χ4v) is 2.22. The van der Waals surface area contributed by atoms with Gasteiger partial charge >= 0.3 is 11.9 Å². The minimum Gasteiger partial charge on any atom is -0.463 e. The molecule has 0 unspecified atom stereocenters. The molecule has 26 heavy (non-hydrogen) atoms. The lowest BCUT2D eigenvalue weighted by atomic mass is 10.2. The minimum absolute atomic E-state index is 0.240. The molecule has 0 aromatic carbocycles. The number of esters is 2. The van der Waals surface area contributed by atoms with E-state index >= 15 is 0 Å². The number of carbonyl (C=O) groups excluding carboxylic acids is 2. The molecule has 0 N–H and O–H groups in total. The number of hydrogen-bond donors (Lipinski definition) is 0. The summed E-state index contributed by atoms with van der Waals surface area (Å²) in [4.78, 5) is 23.1. The Balaban J connectivity index is 3.31. The largest absolute Gasteiger partial charge is 0.463 e. The molecule has 0 bridgehead atoms. The molecule has 0 saturated heterocycles. The van der Waals surface area contributed by atoms with Crippen molar-refractivity contribution in [1.82, 2.24) is 0 Å². The second-order valence-corrected chi connectivity index (χ2v) is 6.29. The van der Waals surface area contributed by atoms with Crippen molar-refractivity contribution < 1.29 is 28.5 Å². The van der Waals surface area contributed by atoms with Crippen LogP contribution in [0.15, 0.2) is 0 Å². The molecule has 0 spiro atoms. The van der Waals surface area contributed by atoms with Gasteiger partial charge < -0.3 is 18.9 Å². The zero-order valence-corrected chi connectivity index (χ0v) is 16.8. The Morgan fingerprint density at radius 3 is 1.35 bits per heavy atom. The van der Waals surface area contributed by atoms with Gasteiger partial charge in [0.05, 0.1) is 13.2 Å². The number of hydrogen-bond acceptors (Lipinski definition) is 6. The molecule has 0 aliphatic rings. The number of rotatable bonds is 19. The van der Waals surface area contributed by atoms with Crippen molar-refractivity contribution in [2.75, 3.05) is 39.6 Å². The quantitative estimate of drug-likeness (QED) is 0.251. The second-order valence-electron chi connectivity index (χ2n) is 6.29. The third-order valence-corrected chi connectivity index (χ3v) is 3.78. The number of unbranched alkanes of at least 4 members (excludes halogenated alkanes) is 5. The van der Waals surface area contributed by atoms with Gasteiger partial charge in [0.1, 0.15) is 13.2 Å². The maximum absolute atomic E-state index is 11.5. The van der Waals surface area contributed by atoms with Crippen LogP contribution in [0, 0.1) is 0 Å². The smallest absolute Gasteiger partial charge is 0.305 e. The van der Waals surface area contributed by atoms with Gasteiger partial charge in [0.15, 0.2) is 0 Å². The van der Waals surface area contributed by atoms with Gasteiger partial charge in [-0.05, 0) is 25.7 Å². The van der Waals surface area contributed by atoms with Gasteiger partial charge in [-0.25, -0.2) is 0 Å². The zero-order chi connectivity index (χ0) is 19.3. The fraction of sp³-hybridized carbons (Fsp3) is 0.900. The number of ether oxygens (including phenoxy) is 4. The molecule has 154 valence electrons. The Kier molecular flexibility index (Phi) is 19.3. The Morgan fingerprint density at radius 2 is 0.962 bits per heavy atom. The van der Waals surface area contributed by atoms with E-state index in [1.54, 1.807) is 0 Å². The molecule has 0 atom stereocenters. The summed E-state index contributed by atoms with van der Waals surface area (Å²) < 4.78 is 20.9. The summed E-state index contributed by atoms with van der Waals surface area (Å²) >= 11 is 0. The summed E-state index contributed by atoms with van der Waals surface area (Å²) in [7, 11) is 0. The van der Waals surface area contributed by atoms with Gasteiger partial charge in [-0.3, -0.25) is 9.59 Å². The monoisotopic (exact) mass is 374 g/mol. The molecule has 0 radical (unpaired) electrons. The molecule has 0 saturated carbocycles. The Morgan fingerprint density at radius 1 is 0.538 bits per heavy atom. The first-order valence-electron chi connectivity index (χ1n) is 10.2. The van der Waals surface area contributed by atoms with E-state index in [4.69, 9.17) is 18.9 Å². The van der Waals surface area contributed by atoms with Gasteiger partial charge in [0.2, 0.25) is 0 Å². The molecule has 0 aromatic rings. The summed E-state index contributed by atoms with van der Waals surface area (Å²) in [6, 6.07) is 0. The zero-order valence-electron chi connectivity index (χ0n) is 16.8. The van der Waals surface area contributed by atoms with E-state index in [9.17, 15) is 9.59 Å². The van der Waals surface area contributed by atoms with Gasteiger partial charge in [-0.2, -0.15) is 0 Å². The summed E-state index contributed by atoms with van der Waals surface area (Å²) in [6.07, 6.45) is 8.64. The van der Waals surface area contributed by atoms with E-state index in [1.807, 2.05) is 0 Å². The normalized spacial score (nSPS) is 10.7. The molecule has 0 rings (SSSR count). The molecular weight excluding hydrogens is 336 g/mol. The average molecular weight is 375 g/mol. The second kappa shape index (κ2) is 20.2. The van der Waals surface area contributed by atoms with Crippen LogP contribution in [0.2, 0.25) is 0 Å². The van der Waals surface area contributed by atoms with E-state index < -0.39 is 0 Å². The maximum atomic E-state index is 11.5. The van der Waals surface area contributed by atoms with Crippen LogP contribution in [0.3, 0.4) is 0 Å². The van der Waals surface area contributed by atoms with Crippen molar-refractivity contribution in [1.29, 1.82) is 0 Å². The number of carbonyl (C=O) groups is 2. The van der Waals surface area contributed by atoms with Crippen molar-refractivity contribution in [3.63, 3.8) is 0 Å². The summed E-state index contributed by atoms with van der Waals surface area (Å²) in [5.74, 6) is -0.480. The summed E-state index contributed by atoms with van der Waals surface area (Å²) in [5, 5.41) is 0. The van der Waals surface area contributed by atoms with Gasteiger partial charge in [-0.1, -0.05) is 39.5 Å². The standard InChI is InChI=1S/C20H38O6/c1-3-5-9-13-23-15-17-25-19(21)11-7-8-12-20(22)26-18-16-24-14-10-6-4-2/h3-18H2,1-2H3. The first-order valence-corrected chi connectivity index (χ1v) is 10.2. The van der Waals surface area contributed by atoms with Crippen LogP contribution >= 0.6 is 0 Å². The van der Waals surface area contributed by atoms with Gasteiger partial charge in [-0.15, -0.1) is 0 Å². The average Bonchev–Trinajstić information content (AvgIpc) is 2.64. The highest BCUT2D eigenvalue weighted by atomic mass is 16.6. The predicted octanol–water partition coefficient (Wildman–Crippen LogP) is 4.05. The lowest BCUT2D eigenvalue weighted by Crippen LogP contribution is -2.12. The Labute approximate surface area is 158 Å². The van der Waals surface area contributed by atoms with Crippen LogP contribution < -0.4 is 0 Å². The molecule has 0 aliphatic heterocycles. The van der Waals surface area contributed by atoms with E-state index in [2.05, 4.69) is 13.8 Å². The van der Waals surface area contributed by atoms with E-state index in [0.717, 1.165) is 38.9 Å². The molecule has 0 fully saturated rings. The van der Waals surface area contributed by atoms with Crippen molar-refractivity contribution in [3.05, 3.63) is 0 Å². The SMILES string of the molecule is CCCCCOCCOC(=O)CCCCC(=O)OCCOCCCCC. The molecule has 0 heterocycles. The van der Waals surface area contributed by atoms with Crippen molar-refractivity contribution in [3.8, 4) is 0 Å². The molecule has 0 amide bonds. The van der Waals surface area contributed by atoms with Gasteiger partial charge in [0, 0.05) is 26.1 Å². The summed E-state index contributed by atoms with van der Waals surface area (Å²) in [5.41, 5.74) is 0. The minimum atomic E-state index is -0.240. The Bertz CT molecular complexity index is 300. The van der Waals surface area contributed by atoms with Crippen LogP contribution in [-0.4, -0.2) is 51.6 Å². The van der Waals surface area contributed by atoms with Crippen molar-refractivity contribution in [2.45, 2.75) is 78.1 Å². The van der Waals surface area contributed by atoms with Crippen molar-refractivity contribution >= 4 is 11.9 Å². The highest BCUT2D eigenvalue weighted by Crippen LogP contribution is 2.03. The van der Waals surface area contributed by atoms with Crippen LogP contribution in [0.4, 0.5) is 0 Å². The first kappa shape index (κ1) is 24.9. The highest BCUT2D eigenvalue weighted by molar-refractivity contribution is 5.70. The summed E-state index contributed by atoms with van der Waals surface area (Å²) in [6.45, 7) is 7.21. The fourth-order valence-electron chi connectivity index (χ4n) is 2.22. The van der Waals surface area contributed by atoms with Crippen LogP contribution in [0.1, 0.15) is 78.1 Å². The topological polar surface area (TPSA) is 71.1 Å². The maximum Gasteiger partial charge on any atom is 0.305 e. The predicted molar refractivity (Wildman–Crippen MR) is 101 cm³/mol. The van der Waals surface area contributed by atoms with E-state index in [-0.39, 0.29) is 11.9 Å². The lowest BCUT2D eigenvalue weighted by Gasteiger charge is -2.07. The van der Waals surface area contributed by atoms with Crippen molar-refractivity contribution in [2.24, 2.45) is 0 Å². The third-order valence-electron chi connectivity index (χ3n) is 3.78. The lowest BCUT2D eigenvalue weighted by molar-refractivity contribution is -0.147. The first-order chi connectivity index (χ1) is 12.7. The molecule has 6 heteroatoms. The van der Waals surface area contributed by atoms with Crippen LogP contribution in [0.5, 0.6) is 0 Å². The van der Waals surface area contributed by atoms with E-state index in [1.165, 1.54) is 12.8 Å².